The van der Waals surface area contributed by atoms with E-state index in [2.05, 4.69) is 26.9 Å². The average molecular weight is 261 g/mol. The second-order valence-electron chi connectivity index (χ2n) is 5.53. The third-order valence-corrected chi connectivity index (χ3v) is 4.20. The first-order valence-corrected chi connectivity index (χ1v) is 7.35. The van der Waals surface area contributed by atoms with Crippen molar-refractivity contribution in [3.05, 3.63) is 30.1 Å². The third kappa shape index (κ3) is 3.53. The second-order valence-corrected chi connectivity index (χ2v) is 5.53. The van der Waals surface area contributed by atoms with Crippen LogP contribution < -0.4 is 0 Å². The van der Waals surface area contributed by atoms with Crippen molar-refractivity contribution in [2.75, 3.05) is 39.4 Å². The van der Waals surface area contributed by atoms with Crippen LogP contribution >= 0.6 is 0 Å². The van der Waals surface area contributed by atoms with Gasteiger partial charge in [0.1, 0.15) is 0 Å². The van der Waals surface area contributed by atoms with Gasteiger partial charge in [0.25, 0.3) is 0 Å². The summed E-state index contributed by atoms with van der Waals surface area (Å²) in [6.45, 7) is 7.50. The Morgan fingerprint density at radius 2 is 1.95 bits per heavy atom. The lowest BCUT2D eigenvalue weighted by Crippen LogP contribution is -2.51. The maximum absolute atomic E-state index is 5.45. The minimum absolute atomic E-state index is 0.722. The van der Waals surface area contributed by atoms with E-state index < -0.39 is 0 Å². The Balaban J connectivity index is 1.55. The molecule has 3 heterocycles. The van der Waals surface area contributed by atoms with Crippen molar-refractivity contribution in [3.63, 3.8) is 0 Å². The van der Waals surface area contributed by atoms with Gasteiger partial charge in [-0.25, -0.2) is 0 Å². The Kier molecular flexibility index (Phi) is 4.43. The van der Waals surface area contributed by atoms with Crippen LogP contribution in [0.3, 0.4) is 0 Å². The quantitative estimate of drug-likeness (QED) is 0.822. The standard InChI is InChI=1S/C15H23N3O/c1-2-15(18-8-10-19-11-9-18)13-17(7-1)12-14-3-5-16-6-4-14/h3-6,15H,1-2,7-13H2. The molecule has 1 atom stereocenters. The van der Waals surface area contributed by atoms with Crippen LogP contribution in [-0.4, -0.2) is 60.2 Å². The summed E-state index contributed by atoms with van der Waals surface area (Å²) in [5, 5.41) is 0. The summed E-state index contributed by atoms with van der Waals surface area (Å²) in [5.41, 5.74) is 1.37. The first kappa shape index (κ1) is 13.0. The summed E-state index contributed by atoms with van der Waals surface area (Å²) in [6.07, 6.45) is 6.43. The van der Waals surface area contributed by atoms with E-state index in [9.17, 15) is 0 Å². The van der Waals surface area contributed by atoms with Crippen LogP contribution in [0.4, 0.5) is 0 Å². The molecule has 0 amide bonds. The van der Waals surface area contributed by atoms with Crippen molar-refractivity contribution in [1.29, 1.82) is 0 Å². The molecule has 0 N–H and O–H groups in total. The molecule has 2 aliphatic rings. The predicted octanol–water partition coefficient (Wildman–Crippen LogP) is 1.38. The normalized spacial score (nSPS) is 26.4. The van der Waals surface area contributed by atoms with Gasteiger partial charge in [0.2, 0.25) is 0 Å². The Bertz CT molecular complexity index is 378. The lowest BCUT2D eigenvalue weighted by molar-refractivity contribution is -0.00358. The molecule has 0 spiro atoms. The average Bonchev–Trinajstić information content (AvgIpc) is 2.49. The summed E-state index contributed by atoms with van der Waals surface area (Å²) >= 11 is 0. The van der Waals surface area contributed by atoms with Crippen LogP contribution in [0, 0.1) is 0 Å². The minimum Gasteiger partial charge on any atom is -0.379 e. The molecule has 1 aromatic heterocycles. The number of hydrogen-bond acceptors (Lipinski definition) is 4. The van der Waals surface area contributed by atoms with Crippen LogP contribution in [0.25, 0.3) is 0 Å². The molecule has 104 valence electrons. The molecule has 19 heavy (non-hydrogen) atoms. The highest BCUT2D eigenvalue weighted by Crippen LogP contribution is 2.18. The van der Waals surface area contributed by atoms with E-state index in [-0.39, 0.29) is 0 Å². The van der Waals surface area contributed by atoms with Crippen LogP contribution in [0.1, 0.15) is 18.4 Å². The highest BCUT2D eigenvalue weighted by Gasteiger charge is 2.26. The van der Waals surface area contributed by atoms with E-state index in [1.807, 2.05) is 12.4 Å². The van der Waals surface area contributed by atoms with Crippen molar-refractivity contribution in [2.24, 2.45) is 0 Å². The van der Waals surface area contributed by atoms with Gasteiger partial charge in [-0.05, 0) is 37.1 Å². The molecule has 0 aliphatic carbocycles. The van der Waals surface area contributed by atoms with Gasteiger partial charge in [-0.1, -0.05) is 0 Å². The van der Waals surface area contributed by atoms with Crippen LogP contribution in [0.5, 0.6) is 0 Å². The highest BCUT2D eigenvalue weighted by molar-refractivity contribution is 5.09. The molecule has 3 rings (SSSR count). The van der Waals surface area contributed by atoms with Crippen LogP contribution in [-0.2, 0) is 11.3 Å². The molecule has 0 aromatic carbocycles. The van der Waals surface area contributed by atoms with Gasteiger partial charge in [0.15, 0.2) is 0 Å². The fourth-order valence-corrected chi connectivity index (χ4v) is 3.16. The van der Waals surface area contributed by atoms with Crippen molar-refractivity contribution in [3.8, 4) is 0 Å². The van der Waals surface area contributed by atoms with E-state index in [1.54, 1.807) is 0 Å². The molecule has 0 saturated carbocycles. The number of aromatic nitrogens is 1. The third-order valence-electron chi connectivity index (χ3n) is 4.20. The highest BCUT2D eigenvalue weighted by atomic mass is 16.5. The van der Waals surface area contributed by atoms with Gasteiger partial charge < -0.3 is 4.74 Å². The zero-order valence-electron chi connectivity index (χ0n) is 11.5. The number of nitrogens with zero attached hydrogens (tertiary/aromatic N) is 3. The van der Waals surface area contributed by atoms with Crippen LogP contribution in [0.15, 0.2) is 24.5 Å². The summed E-state index contributed by atoms with van der Waals surface area (Å²) in [7, 11) is 0. The van der Waals surface area contributed by atoms with Crippen molar-refractivity contribution < 1.29 is 4.74 Å². The van der Waals surface area contributed by atoms with Crippen LogP contribution in [0.2, 0.25) is 0 Å². The van der Waals surface area contributed by atoms with Gasteiger partial charge in [0.05, 0.1) is 13.2 Å². The Labute approximate surface area is 115 Å². The maximum atomic E-state index is 5.45. The molecule has 0 radical (unpaired) electrons. The Morgan fingerprint density at radius 1 is 1.16 bits per heavy atom. The van der Waals surface area contributed by atoms with E-state index >= 15 is 0 Å². The number of piperidine rings is 1. The number of rotatable bonds is 3. The zero-order valence-corrected chi connectivity index (χ0v) is 11.5. The number of hydrogen-bond donors (Lipinski definition) is 0. The topological polar surface area (TPSA) is 28.6 Å². The van der Waals surface area contributed by atoms with E-state index in [0.29, 0.717) is 0 Å². The summed E-state index contributed by atoms with van der Waals surface area (Å²) in [5.74, 6) is 0. The lowest BCUT2D eigenvalue weighted by Gasteiger charge is -2.40. The van der Waals surface area contributed by atoms with Gasteiger partial charge in [-0.2, -0.15) is 0 Å². The first-order chi connectivity index (χ1) is 9.42. The Morgan fingerprint density at radius 3 is 2.74 bits per heavy atom. The number of likely N-dealkylation sites (tertiary alicyclic amines) is 1. The lowest BCUT2D eigenvalue weighted by atomic mass is 10.0. The van der Waals surface area contributed by atoms with E-state index in [0.717, 1.165) is 38.9 Å². The van der Waals surface area contributed by atoms with Gasteiger partial charge in [-0.3, -0.25) is 14.8 Å². The zero-order chi connectivity index (χ0) is 12.9. The largest absolute Gasteiger partial charge is 0.379 e. The molecule has 1 aromatic rings. The van der Waals surface area contributed by atoms with E-state index in [1.165, 1.54) is 31.5 Å². The smallest absolute Gasteiger partial charge is 0.0594 e. The molecule has 2 fully saturated rings. The molecule has 4 heteroatoms. The fraction of sp³-hybridized carbons (Fsp3) is 0.667. The first-order valence-electron chi connectivity index (χ1n) is 7.35. The molecular formula is C15H23N3O. The minimum atomic E-state index is 0.722. The molecule has 1 unspecified atom stereocenters. The summed E-state index contributed by atoms with van der Waals surface area (Å²) < 4.78 is 5.45. The van der Waals surface area contributed by atoms with E-state index in [4.69, 9.17) is 4.74 Å². The molecule has 2 aliphatic heterocycles. The molecule has 0 bridgehead atoms. The summed E-state index contributed by atoms with van der Waals surface area (Å²) in [4.78, 5) is 9.28. The second kappa shape index (κ2) is 6.46. The predicted molar refractivity (Wildman–Crippen MR) is 74.9 cm³/mol. The van der Waals surface area contributed by atoms with Gasteiger partial charge >= 0.3 is 0 Å². The summed E-state index contributed by atoms with van der Waals surface area (Å²) in [6, 6.07) is 4.97. The molecule has 2 saturated heterocycles. The Hall–Kier alpha value is -0.970. The molecule has 4 nitrogen and oxygen atoms in total. The van der Waals surface area contributed by atoms with Gasteiger partial charge in [-0.15, -0.1) is 0 Å². The van der Waals surface area contributed by atoms with Crippen molar-refractivity contribution >= 4 is 0 Å². The van der Waals surface area contributed by atoms with Gasteiger partial charge in [0, 0.05) is 44.6 Å². The number of morpholine rings is 1. The number of pyridine rings is 1. The SMILES string of the molecule is c1cc(CN2CCCC(N3CCOCC3)C2)ccn1. The monoisotopic (exact) mass is 261 g/mol. The van der Waals surface area contributed by atoms with Crippen molar-refractivity contribution in [1.82, 2.24) is 14.8 Å². The molecular weight excluding hydrogens is 238 g/mol. The fourth-order valence-electron chi connectivity index (χ4n) is 3.16. The number of ether oxygens (including phenoxy) is 1. The maximum Gasteiger partial charge on any atom is 0.0594 e. The van der Waals surface area contributed by atoms with Crippen molar-refractivity contribution in [2.45, 2.75) is 25.4 Å².